The molecule has 118 valence electrons. The number of nitrogens with zero attached hydrogens (tertiary/aromatic N) is 1. The van der Waals surface area contributed by atoms with E-state index in [2.05, 4.69) is 56.9 Å². The summed E-state index contributed by atoms with van der Waals surface area (Å²) in [5.74, 6) is 0.832. The fourth-order valence-corrected chi connectivity index (χ4v) is 3.06. The molecule has 1 heterocycles. The molecule has 1 aromatic carbocycles. The minimum atomic E-state index is -0.368. The molecule has 0 amide bonds. The molecule has 1 aliphatic heterocycles. The number of benzene rings is 1. The van der Waals surface area contributed by atoms with E-state index in [1.54, 1.807) is 0 Å². The number of aliphatic hydroxyl groups excluding tert-OH is 1. The van der Waals surface area contributed by atoms with Gasteiger partial charge in [0.15, 0.2) is 0 Å². The summed E-state index contributed by atoms with van der Waals surface area (Å²) in [6, 6.07) is 8.49. The van der Waals surface area contributed by atoms with E-state index in [-0.39, 0.29) is 11.5 Å². The van der Waals surface area contributed by atoms with Gasteiger partial charge >= 0.3 is 0 Å². The van der Waals surface area contributed by atoms with Crippen LogP contribution in [0.4, 0.5) is 0 Å². The second-order valence-corrected chi connectivity index (χ2v) is 7.72. The van der Waals surface area contributed by atoms with E-state index in [4.69, 9.17) is 0 Å². The van der Waals surface area contributed by atoms with Gasteiger partial charge in [-0.1, -0.05) is 52.0 Å². The lowest BCUT2D eigenvalue weighted by Crippen LogP contribution is -2.29. The second-order valence-electron chi connectivity index (χ2n) is 7.72. The Labute approximate surface area is 130 Å². The molecule has 2 heteroatoms. The van der Waals surface area contributed by atoms with E-state index in [9.17, 15) is 5.11 Å². The molecule has 2 unspecified atom stereocenters. The molecular formula is C19H31NO. The molecule has 1 saturated heterocycles. The number of β-amino-alcohol motifs (C(OH)–C–C–N with tert-alkyl or cyclic N) is 1. The van der Waals surface area contributed by atoms with Crippen LogP contribution in [0.25, 0.3) is 0 Å². The highest BCUT2D eigenvalue weighted by atomic mass is 16.3. The van der Waals surface area contributed by atoms with Gasteiger partial charge in [-0.15, -0.1) is 0 Å². The van der Waals surface area contributed by atoms with Gasteiger partial charge in [0.25, 0.3) is 0 Å². The Morgan fingerprint density at radius 2 is 1.81 bits per heavy atom. The van der Waals surface area contributed by atoms with Gasteiger partial charge < -0.3 is 10.0 Å². The number of likely N-dealkylation sites (tertiary alicyclic amines) is 1. The highest BCUT2D eigenvalue weighted by Crippen LogP contribution is 2.25. The highest BCUT2D eigenvalue weighted by Gasteiger charge is 2.18. The van der Waals surface area contributed by atoms with Crippen LogP contribution >= 0.6 is 0 Å². The van der Waals surface area contributed by atoms with Crippen molar-refractivity contribution in [1.29, 1.82) is 0 Å². The first-order valence-electron chi connectivity index (χ1n) is 8.37. The molecule has 0 aliphatic carbocycles. The van der Waals surface area contributed by atoms with Crippen molar-refractivity contribution in [2.75, 3.05) is 19.6 Å². The van der Waals surface area contributed by atoms with Gasteiger partial charge in [0.1, 0.15) is 0 Å². The van der Waals surface area contributed by atoms with Gasteiger partial charge in [0, 0.05) is 6.54 Å². The average molecular weight is 289 g/mol. The van der Waals surface area contributed by atoms with Crippen molar-refractivity contribution in [3.8, 4) is 0 Å². The molecule has 2 atom stereocenters. The van der Waals surface area contributed by atoms with E-state index in [1.807, 2.05) is 0 Å². The van der Waals surface area contributed by atoms with Crippen molar-refractivity contribution < 1.29 is 5.11 Å². The molecule has 0 bridgehead atoms. The predicted octanol–water partition coefficient (Wildman–Crippen LogP) is 4.14. The Balaban J connectivity index is 1.95. The molecular weight excluding hydrogens is 258 g/mol. The smallest absolute Gasteiger partial charge is 0.0916 e. The minimum Gasteiger partial charge on any atom is -0.387 e. The summed E-state index contributed by atoms with van der Waals surface area (Å²) in [5.41, 5.74) is 2.53. The van der Waals surface area contributed by atoms with Gasteiger partial charge in [-0.3, -0.25) is 0 Å². The van der Waals surface area contributed by atoms with Gasteiger partial charge in [-0.2, -0.15) is 0 Å². The van der Waals surface area contributed by atoms with Crippen LogP contribution in [0, 0.1) is 5.92 Å². The number of rotatable bonds is 3. The average Bonchev–Trinajstić information content (AvgIpc) is 2.63. The Morgan fingerprint density at radius 1 is 1.14 bits per heavy atom. The number of aliphatic hydroxyl groups is 1. The van der Waals surface area contributed by atoms with Gasteiger partial charge in [0.2, 0.25) is 0 Å². The molecule has 0 spiro atoms. The summed E-state index contributed by atoms with van der Waals surface area (Å²) in [6.45, 7) is 12.0. The molecule has 1 fully saturated rings. The summed E-state index contributed by atoms with van der Waals surface area (Å²) in [7, 11) is 0. The van der Waals surface area contributed by atoms with Gasteiger partial charge in [-0.05, 0) is 54.8 Å². The monoisotopic (exact) mass is 289 g/mol. The number of hydrogen-bond donors (Lipinski definition) is 1. The maximum atomic E-state index is 10.5. The third-order valence-corrected chi connectivity index (χ3v) is 4.70. The highest BCUT2D eigenvalue weighted by molar-refractivity contribution is 5.28. The SMILES string of the molecule is CC1CCCN(CC(O)c2ccc(C(C)(C)C)cc2)CC1. The van der Waals surface area contributed by atoms with Crippen molar-refractivity contribution in [1.82, 2.24) is 4.90 Å². The van der Waals surface area contributed by atoms with Crippen LogP contribution in [0.5, 0.6) is 0 Å². The summed E-state index contributed by atoms with van der Waals surface area (Å²) in [4.78, 5) is 2.42. The van der Waals surface area contributed by atoms with Crippen LogP contribution in [0.15, 0.2) is 24.3 Å². The first-order valence-corrected chi connectivity index (χ1v) is 8.37. The molecule has 1 aliphatic rings. The molecule has 0 aromatic heterocycles. The summed E-state index contributed by atoms with van der Waals surface area (Å²) in [5, 5.41) is 10.5. The van der Waals surface area contributed by atoms with E-state index in [0.29, 0.717) is 0 Å². The minimum absolute atomic E-state index is 0.171. The normalized spacial score (nSPS) is 22.8. The topological polar surface area (TPSA) is 23.5 Å². The zero-order valence-corrected chi connectivity index (χ0v) is 14.1. The zero-order chi connectivity index (χ0) is 15.5. The predicted molar refractivity (Wildman–Crippen MR) is 89.6 cm³/mol. The zero-order valence-electron chi connectivity index (χ0n) is 14.1. The van der Waals surface area contributed by atoms with Crippen molar-refractivity contribution in [3.05, 3.63) is 35.4 Å². The van der Waals surface area contributed by atoms with Gasteiger partial charge in [-0.25, -0.2) is 0 Å². The van der Waals surface area contributed by atoms with Crippen LogP contribution in [0.1, 0.15) is 64.2 Å². The summed E-state index contributed by atoms with van der Waals surface area (Å²) < 4.78 is 0. The lowest BCUT2D eigenvalue weighted by atomic mass is 9.86. The largest absolute Gasteiger partial charge is 0.387 e. The Hall–Kier alpha value is -0.860. The van der Waals surface area contributed by atoms with E-state index in [0.717, 1.165) is 31.1 Å². The fourth-order valence-electron chi connectivity index (χ4n) is 3.06. The number of hydrogen-bond acceptors (Lipinski definition) is 2. The summed E-state index contributed by atoms with van der Waals surface area (Å²) in [6.07, 6.45) is 3.48. The molecule has 1 N–H and O–H groups in total. The van der Waals surface area contributed by atoms with Crippen LogP contribution in [-0.4, -0.2) is 29.6 Å². The third kappa shape index (κ3) is 4.82. The van der Waals surface area contributed by atoms with Crippen molar-refractivity contribution in [3.63, 3.8) is 0 Å². The quantitative estimate of drug-likeness (QED) is 0.904. The maximum Gasteiger partial charge on any atom is 0.0916 e. The first kappa shape index (κ1) is 16.5. The van der Waals surface area contributed by atoms with E-state index in [1.165, 1.54) is 24.8 Å². The fraction of sp³-hybridized carbons (Fsp3) is 0.684. The molecule has 2 rings (SSSR count). The molecule has 0 radical (unpaired) electrons. The van der Waals surface area contributed by atoms with E-state index >= 15 is 0 Å². The Morgan fingerprint density at radius 3 is 2.43 bits per heavy atom. The Kier molecular flexibility index (Phi) is 5.45. The standard InChI is InChI=1S/C19H31NO/c1-15-6-5-12-20(13-11-15)14-18(21)16-7-9-17(10-8-16)19(2,3)4/h7-10,15,18,21H,5-6,11-14H2,1-4H3. The van der Waals surface area contributed by atoms with Crippen molar-refractivity contribution >= 4 is 0 Å². The lowest BCUT2D eigenvalue weighted by Gasteiger charge is -2.24. The van der Waals surface area contributed by atoms with Crippen molar-refractivity contribution in [2.45, 2.75) is 58.5 Å². The van der Waals surface area contributed by atoms with Crippen LogP contribution < -0.4 is 0 Å². The molecule has 0 saturated carbocycles. The molecule has 21 heavy (non-hydrogen) atoms. The van der Waals surface area contributed by atoms with Crippen LogP contribution in [-0.2, 0) is 5.41 Å². The second kappa shape index (κ2) is 6.93. The van der Waals surface area contributed by atoms with Crippen molar-refractivity contribution in [2.24, 2.45) is 5.92 Å². The summed E-state index contributed by atoms with van der Waals surface area (Å²) >= 11 is 0. The lowest BCUT2D eigenvalue weighted by molar-refractivity contribution is 0.114. The maximum absolute atomic E-state index is 10.5. The molecule has 1 aromatic rings. The third-order valence-electron chi connectivity index (χ3n) is 4.70. The first-order chi connectivity index (χ1) is 9.86. The van der Waals surface area contributed by atoms with Gasteiger partial charge in [0.05, 0.1) is 6.10 Å². The van der Waals surface area contributed by atoms with E-state index < -0.39 is 0 Å². The molecule has 2 nitrogen and oxygen atoms in total. The van der Waals surface area contributed by atoms with Crippen LogP contribution in [0.3, 0.4) is 0 Å². The Bertz CT molecular complexity index is 432. The van der Waals surface area contributed by atoms with Crippen LogP contribution in [0.2, 0.25) is 0 Å².